The molecule has 2 fully saturated rings. The van der Waals surface area contributed by atoms with E-state index in [0.29, 0.717) is 12.5 Å². The van der Waals surface area contributed by atoms with Crippen LogP contribution in [0, 0.1) is 29.6 Å². The van der Waals surface area contributed by atoms with E-state index in [0.717, 1.165) is 23.7 Å². The van der Waals surface area contributed by atoms with Gasteiger partial charge in [-0.2, -0.15) is 0 Å². The molecule has 0 aromatic heterocycles. The highest BCUT2D eigenvalue weighted by atomic mass is 16.5. The van der Waals surface area contributed by atoms with Crippen LogP contribution in [-0.4, -0.2) is 12.6 Å². The van der Waals surface area contributed by atoms with Crippen molar-refractivity contribution in [2.24, 2.45) is 29.6 Å². The molecule has 2 saturated carbocycles. The third-order valence-corrected chi connectivity index (χ3v) is 4.64. The summed E-state index contributed by atoms with van der Waals surface area (Å²) in [4.78, 5) is 11.0. The lowest BCUT2D eigenvalue weighted by molar-refractivity contribution is -0.139. The Morgan fingerprint density at radius 2 is 1.88 bits per heavy atom. The second-order valence-corrected chi connectivity index (χ2v) is 5.45. The van der Waals surface area contributed by atoms with Crippen LogP contribution in [0.4, 0.5) is 0 Å². The smallest absolute Gasteiger partial charge is 0.330 e. The molecule has 0 heterocycles. The van der Waals surface area contributed by atoms with Crippen LogP contribution in [0.5, 0.6) is 0 Å². The maximum absolute atomic E-state index is 11.0. The molecule has 0 aromatic carbocycles. The number of esters is 1. The molecule has 0 amide bonds. The summed E-state index contributed by atoms with van der Waals surface area (Å²) in [6.45, 7) is 4.01. The van der Waals surface area contributed by atoms with Crippen LogP contribution in [-0.2, 0) is 9.53 Å². The molecule has 3 aliphatic rings. The third-order valence-electron chi connectivity index (χ3n) is 4.64. The molecule has 2 heteroatoms. The molecule has 16 heavy (non-hydrogen) atoms. The summed E-state index contributed by atoms with van der Waals surface area (Å²) in [6, 6.07) is 0. The summed E-state index contributed by atoms with van der Waals surface area (Å²) in [7, 11) is 0. The van der Waals surface area contributed by atoms with Gasteiger partial charge in [0.15, 0.2) is 0 Å². The number of rotatable bonds is 3. The number of ether oxygens (including phenoxy) is 1. The molecule has 4 atom stereocenters. The highest BCUT2D eigenvalue weighted by Gasteiger charge is 2.49. The molecule has 3 aliphatic carbocycles. The standard InChI is InChI=1S/C14H18O2/c1-2-14(15)16-8-9-5-12-10-3-4-11(7-10)13(12)6-9/h2-4,9-13H,1,5-8H2/t9?,10-,11-,12?,13?/m0/s1. The van der Waals surface area contributed by atoms with Crippen molar-refractivity contribution in [1.82, 2.24) is 0 Å². The second kappa shape index (κ2) is 3.76. The van der Waals surface area contributed by atoms with Crippen molar-refractivity contribution in [2.45, 2.75) is 19.3 Å². The molecule has 2 bridgehead atoms. The van der Waals surface area contributed by atoms with E-state index in [-0.39, 0.29) is 5.97 Å². The zero-order valence-electron chi connectivity index (χ0n) is 9.47. The van der Waals surface area contributed by atoms with Gasteiger partial charge in [-0.1, -0.05) is 18.7 Å². The zero-order chi connectivity index (χ0) is 11.1. The molecule has 86 valence electrons. The predicted molar refractivity (Wildman–Crippen MR) is 61.6 cm³/mol. The van der Waals surface area contributed by atoms with Gasteiger partial charge in [0, 0.05) is 6.08 Å². The van der Waals surface area contributed by atoms with E-state index < -0.39 is 0 Å². The normalized spacial score (nSPS) is 43.4. The lowest BCUT2D eigenvalue weighted by atomic mass is 9.86. The van der Waals surface area contributed by atoms with E-state index in [1.807, 2.05) is 0 Å². The fourth-order valence-electron chi connectivity index (χ4n) is 3.99. The van der Waals surface area contributed by atoms with Gasteiger partial charge in [-0.15, -0.1) is 0 Å². The van der Waals surface area contributed by atoms with Crippen LogP contribution in [0.15, 0.2) is 24.8 Å². The maximum atomic E-state index is 11.0. The SMILES string of the molecule is C=CC(=O)OCC1CC2C(C1)[C@H]1C=C[C@H]2C1. The Bertz CT molecular complexity index is 325. The Labute approximate surface area is 96.4 Å². The molecule has 2 unspecified atom stereocenters. The summed E-state index contributed by atoms with van der Waals surface area (Å²) in [5.74, 6) is 3.72. The van der Waals surface area contributed by atoms with Crippen molar-refractivity contribution in [3.05, 3.63) is 24.8 Å². The number of hydrogen-bond acceptors (Lipinski definition) is 2. The zero-order valence-corrected chi connectivity index (χ0v) is 9.47. The van der Waals surface area contributed by atoms with Gasteiger partial charge in [-0.3, -0.25) is 0 Å². The summed E-state index contributed by atoms with van der Waals surface area (Å²) >= 11 is 0. The number of allylic oxidation sites excluding steroid dienone is 2. The number of carbonyl (C=O) groups excluding carboxylic acids is 1. The molecule has 0 aromatic rings. The van der Waals surface area contributed by atoms with Crippen molar-refractivity contribution in [2.75, 3.05) is 6.61 Å². The van der Waals surface area contributed by atoms with Crippen molar-refractivity contribution < 1.29 is 9.53 Å². The van der Waals surface area contributed by atoms with E-state index in [9.17, 15) is 4.79 Å². The summed E-state index contributed by atoms with van der Waals surface area (Å²) in [6.07, 6.45) is 9.95. The van der Waals surface area contributed by atoms with E-state index in [1.54, 1.807) is 0 Å². The van der Waals surface area contributed by atoms with Crippen molar-refractivity contribution in [3.63, 3.8) is 0 Å². The first-order valence-electron chi connectivity index (χ1n) is 6.25. The first-order valence-corrected chi connectivity index (χ1v) is 6.25. The first-order chi connectivity index (χ1) is 7.78. The quantitative estimate of drug-likeness (QED) is 0.413. The van der Waals surface area contributed by atoms with Crippen molar-refractivity contribution in [1.29, 1.82) is 0 Å². The molecular weight excluding hydrogens is 200 g/mol. The van der Waals surface area contributed by atoms with Crippen molar-refractivity contribution >= 4 is 5.97 Å². The van der Waals surface area contributed by atoms with Crippen LogP contribution in [0.25, 0.3) is 0 Å². The van der Waals surface area contributed by atoms with E-state index in [1.165, 1.54) is 25.3 Å². The van der Waals surface area contributed by atoms with Crippen LogP contribution >= 0.6 is 0 Å². The monoisotopic (exact) mass is 218 g/mol. The average molecular weight is 218 g/mol. The molecule has 0 aliphatic heterocycles. The minimum Gasteiger partial charge on any atom is -0.462 e. The molecular formula is C14H18O2. The lowest BCUT2D eigenvalue weighted by Crippen LogP contribution is -2.12. The van der Waals surface area contributed by atoms with Gasteiger partial charge < -0.3 is 4.74 Å². The molecule has 0 N–H and O–H groups in total. The van der Waals surface area contributed by atoms with Crippen LogP contribution in [0.2, 0.25) is 0 Å². The number of hydrogen-bond donors (Lipinski definition) is 0. The van der Waals surface area contributed by atoms with Gasteiger partial charge in [0.05, 0.1) is 6.61 Å². The first kappa shape index (κ1) is 10.1. The van der Waals surface area contributed by atoms with E-state index in [2.05, 4.69) is 18.7 Å². The second-order valence-electron chi connectivity index (χ2n) is 5.45. The predicted octanol–water partition coefficient (Wildman–Crippen LogP) is 2.56. The fourth-order valence-corrected chi connectivity index (χ4v) is 3.99. The summed E-state index contributed by atoms with van der Waals surface area (Å²) in [5.41, 5.74) is 0. The Hall–Kier alpha value is -1.05. The average Bonchev–Trinajstić information content (AvgIpc) is 2.96. The largest absolute Gasteiger partial charge is 0.462 e. The summed E-state index contributed by atoms with van der Waals surface area (Å²) in [5, 5.41) is 0. The fraction of sp³-hybridized carbons (Fsp3) is 0.643. The van der Waals surface area contributed by atoms with Gasteiger partial charge in [0.2, 0.25) is 0 Å². The molecule has 3 rings (SSSR count). The highest BCUT2D eigenvalue weighted by Crippen LogP contribution is 2.56. The minimum atomic E-state index is -0.279. The van der Waals surface area contributed by atoms with Crippen LogP contribution in [0.3, 0.4) is 0 Å². The maximum Gasteiger partial charge on any atom is 0.330 e. The molecule has 0 spiro atoms. The van der Waals surface area contributed by atoms with E-state index >= 15 is 0 Å². The van der Waals surface area contributed by atoms with Gasteiger partial charge in [0.1, 0.15) is 0 Å². The van der Waals surface area contributed by atoms with Gasteiger partial charge in [-0.05, 0) is 48.9 Å². The minimum absolute atomic E-state index is 0.279. The Morgan fingerprint density at radius 1 is 1.25 bits per heavy atom. The molecule has 0 radical (unpaired) electrons. The Balaban J connectivity index is 1.55. The van der Waals surface area contributed by atoms with E-state index in [4.69, 9.17) is 4.74 Å². The van der Waals surface area contributed by atoms with Crippen molar-refractivity contribution in [3.8, 4) is 0 Å². The number of carbonyl (C=O) groups is 1. The molecule has 0 saturated heterocycles. The molecule has 2 nitrogen and oxygen atoms in total. The van der Waals surface area contributed by atoms with Crippen LogP contribution < -0.4 is 0 Å². The van der Waals surface area contributed by atoms with Gasteiger partial charge >= 0.3 is 5.97 Å². The third kappa shape index (κ3) is 1.51. The van der Waals surface area contributed by atoms with Gasteiger partial charge in [-0.25, -0.2) is 4.79 Å². The van der Waals surface area contributed by atoms with Gasteiger partial charge in [0.25, 0.3) is 0 Å². The number of fused-ring (bicyclic) bond motifs is 5. The highest BCUT2D eigenvalue weighted by molar-refractivity contribution is 5.81. The lowest BCUT2D eigenvalue weighted by Gasteiger charge is -2.19. The Kier molecular flexibility index (Phi) is 2.38. The Morgan fingerprint density at radius 3 is 2.44 bits per heavy atom. The topological polar surface area (TPSA) is 26.3 Å². The van der Waals surface area contributed by atoms with Crippen LogP contribution in [0.1, 0.15) is 19.3 Å². The summed E-state index contributed by atoms with van der Waals surface area (Å²) < 4.78 is 5.15.